The van der Waals surface area contributed by atoms with E-state index >= 15 is 0 Å². The summed E-state index contributed by atoms with van der Waals surface area (Å²) in [6.45, 7) is 6.69. The second kappa shape index (κ2) is 8.04. The van der Waals surface area contributed by atoms with Gasteiger partial charge >= 0.3 is 0 Å². The summed E-state index contributed by atoms with van der Waals surface area (Å²) < 4.78 is 11.0. The molecule has 0 spiro atoms. The number of rotatable bonds is 7. The van der Waals surface area contributed by atoms with Crippen LogP contribution in [-0.2, 0) is 0 Å². The monoisotopic (exact) mass is 311 g/mol. The van der Waals surface area contributed by atoms with E-state index in [9.17, 15) is 0 Å². The fourth-order valence-corrected chi connectivity index (χ4v) is 1.92. The number of benzene rings is 1. The van der Waals surface area contributed by atoms with Crippen molar-refractivity contribution in [2.24, 2.45) is 0 Å². The average Bonchev–Trinajstić information content (AvgIpc) is 2.96. The van der Waals surface area contributed by atoms with Gasteiger partial charge in [0.25, 0.3) is 0 Å². The second-order valence-electron chi connectivity index (χ2n) is 5.13. The zero-order valence-corrected chi connectivity index (χ0v) is 13.7. The van der Waals surface area contributed by atoms with Gasteiger partial charge in [-0.1, -0.05) is 19.1 Å². The molecule has 1 N–H and O–H groups in total. The molecule has 0 fully saturated rings. The fourth-order valence-electron chi connectivity index (χ4n) is 1.92. The van der Waals surface area contributed by atoms with Gasteiger partial charge in [0, 0.05) is 12.1 Å². The quantitative estimate of drug-likeness (QED) is 0.824. The lowest BCUT2D eigenvalue weighted by Gasteiger charge is -2.08. The Hall–Kier alpha value is -2.74. The minimum absolute atomic E-state index is 0.220. The lowest BCUT2D eigenvalue weighted by Crippen LogP contribution is -2.13. The third kappa shape index (κ3) is 4.62. The van der Waals surface area contributed by atoms with E-state index in [0.717, 1.165) is 17.7 Å². The van der Waals surface area contributed by atoms with E-state index in [1.807, 2.05) is 50.3 Å². The van der Waals surface area contributed by atoms with Crippen LogP contribution in [0, 0.1) is 11.3 Å². The number of ether oxygens (including phenoxy) is 1. The molecule has 0 saturated heterocycles. The second-order valence-corrected chi connectivity index (χ2v) is 5.13. The molecule has 0 saturated carbocycles. The summed E-state index contributed by atoms with van der Waals surface area (Å²) in [5, 5.41) is 12.3. The summed E-state index contributed by atoms with van der Waals surface area (Å²) >= 11 is 0. The molecular weight excluding hydrogens is 290 g/mol. The van der Waals surface area contributed by atoms with E-state index < -0.39 is 0 Å². The van der Waals surface area contributed by atoms with E-state index in [1.165, 1.54) is 0 Å². The van der Waals surface area contributed by atoms with E-state index in [0.29, 0.717) is 18.4 Å². The van der Waals surface area contributed by atoms with E-state index in [1.54, 1.807) is 6.08 Å². The summed E-state index contributed by atoms with van der Waals surface area (Å²) in [6, 6.07) is 10.00. The molecule has 0 radical (unpaired) electrons. The third-order valence-corrected chi connectivity index (χ3v) is 3.35. The van der Waals surface area contributed by atoms with Crippen molar-refractivity contribution in [3.05, 3.63) is 41.4 Å². The first-order chi connectivity index (χ1) is 11.2. The van der Waals surface area contributed by atoms with Crippen LogP contribution in [0.15, 0.2) is 28.7 Å². The molecule has 0 aliphatic carbocycles. The van der Waals surface area contributed by atoms with Crippen LogP contribution >= 0.6 is 0 Å². The minimum atomic E-state index is 0.220. The van der Waals surface area contributed by atoms with Crippen molar-refractivity contribution in [2.45, 2.75) is 33.2 Å². The molecule has 2 aromatic rings. The van der Waals surface area contributed by atoms with Gasteiger partial charge in [-0.05, 0) is 44.0 Å². The van der Waals surface area contributed by atoms with Crippen molar-refractivity contribution in [3.8, 4) is 11.8 Å². The van der Waals surface area contributed by atoms with Gasteiger partial charge < -0.3 is 14.5 Å². The Balaban J connectivity index is 2.11. The Kier molecular flexibility index (Phi) is 5.81. The number of nitriles is 1. The Bertz CT molecular complexity index is 696. The van der Waals surface area contributed by atoms with Gasteiger partial charge in [0.15, 0.2) is 0 Å². The molecule has 0 amide bonds. The van der Waals surface area contributed by atoms with Crippen LogP contribution in [0.5, 0.6) is 5.75 Å². The van der Waals surface area contributed by atoms with Crippen LogP contribution in [-0.4, -0.2) is 17.6 Å². The Morgan fingerprint density at radius 3 is 2.65 bits per heavy atom. The normalized spacial score (nSPS) is 12.1. The predicted molar refractivity (Wildman–Crippen MR) is 91.1 cm³/mol. The van der Waals surface area contributed by atoms with Crippen molar-refractivity contribution < 1.29 is 9.15 Å². The van der Waals surface area contributed by atoms with Gasteiger partial charge in [-0.15, -0.1) is 0 Å². The van der Waals surface area contributed by atoms with Crippen LogP contribution < -0.4 is 10.1 Å². The topological polar surface area (TPSA) is 71.1 Å². The molecule has 5 heteroatoms. The maximum absolute atomic E-state index is 9.13. The smallest absolute Gasteiger partial charge is 0.232 e. The number of anilines is 1. The molecule has 1 aromatic carbocycles. The molecule has 2 rings (SSSR count). The standard InChI is InChI=1S/C18H21N3O2/c1-4-13(3)20-18-16(12-19)21-17(23-18)11-8-14-6-9-15(10-7-14)22-5-2/h6-11,13,20H,4-5H2,1-3H3. The van der Waals surface area contributed by atoms with E-state index in [-0.39, 0.29) is 11.7 Å². The van der Waals surface area contributed by atoms with E-state index in [2.05, 4.69) is 17.2 Å². The first-order valence-corrected chi connectivity index (χ1v) is 7.74. The average molecular weight is 311 g/mol. The summed E-state index contributed by atoms with van der Waals surface area (Å²) in [6.07, 6.45) is 4.57. The van der Waals surface area contributed by atoms with Crippen molar-refractivity contribution >= 4 is 18.0 Å². The number of oxazole rings is 1. The first-order valence-electron chi connectivity index (χ1n) is 7.74. The molecule has 5 nitrogen and oxygen atoms in total. The number of aromatic nitrogens is 1. The number of nitrogens with zero attached hydrogens (tertiary/aromatic N) is 2. The highest BCUT2D eigenvalue weighted by atomic mass is 16.5. The van der Waals surface area contributed by atoms with Crippen molar-refractivity contribution in [1.29, 1.82) is 5.26 Å². The minimum Gasteiger partial charge on any atom is -0.494 e. The Morgan fingerprint density at radius 1 is 1.30 bits per heavy atom. The summed E-state index contributed by atoms with van der Waals surface area (Å²) in [7, 11) is 0. The molecule has 0 bridgehead atoms. The van der Waals surface area contributed by atoms with Crippen LogP contribution in [0.4, 0.5) is 5.88 Å². The Labute approximate surface area is 136 Å². The summed E-state index contributed by atoms with van der Waals surface area (Å²) in [5.41, 5.74) is 1.28. The lowest BCUT2D eigenvalue weighted by molar-refractivity contribution is 0.340. The SMILES string of the molecule is CCOc1ccc(C=Cc2nc(C#N)c(NC(C)CC)o2)cc1. The predicted octanol–water partition coefficient (Wildman–Crippen LogP) is 4.33. The zero-order valence-electron chi connectivity index (χ0n) is 13.7. The maximum Gasteiger partial charge on any atom is 0.232 e. The maximum atomic E-state index is 9.13. The molecule has 0 aliphatic heterocycles. The van der Waals surface area contributed by atoms with Crippen LogP contribution in [0.1, 0.15) is 44.3 Å². The van der Waals surface area contributed by atoms with Crippen LogP contribution in [0.3, 0.4) is 0 Å². The van der Waals surface area contributed by atoms with Crippen LogP contribution in [0.2, 0.25) is 0 Å². The zero-order chi connectivity index (χ0) is 16.7. The highest BCUT2D eigenvalue weighted by molar-refractivity contribution is 5.67. The van der Waals surface area contributed by atoms with Gasteiger partial charge in [-0.2, -0.15) is 10.2 Å². The van der Waals surface area contributed by atoms with Gasteiger partial charge in [0.05, 0.1) is 6.61 Å². The van der Waals surface area contributed by atoms with Crippen molar-refractivity contribution in [3.63, 3.8) is 0 Å². The van der Waals surface area contributed by atoms with Crippen molar-refractivity contribution in [2.75, 3.05) is 11.9 Å². The van der Waals surface area contributed by atoms with Gasteiger partial charge in [-0.3, -0.25) is 0 Å². The van der Waals surface area contributed by atoms with Gasteiger partial charge in [0.1, 0.15) is 11.8 Å². The van der Waals surface area contributed by atoms with E-state index in [4.69, 9.17) is 14.4 Å². The summed E-state index contributed by atoms with van der Waals surface area (Å²) in [5.74, 6) is 1.67. The molecular formula is C18H21N3O2. The molecule has 23 heavy (non-hydrogen) atoms. The molecule has 120 valence electrons. The highest BCUT2D eigenvalue weighted by Crippen LogP contribution is 2.20. The molecule has 1 atom stereocenters. The van der Waals surface area contributed by atoms with Gasteiger partial charge in [-0.25, -0.2) is 0 Å². The fraction of sp³-hybridized carbons (Fsp3) is 0.333. The summed E-state index contributed by atoms with van der Waals surface area (Å²) in [4.78, 5) is 4.18. The molecule has 1 heterocycles. The first kappa shape index (κ1) is 16.6. The number of hydrogen-bond acceptors (Lipinski definition) is 5. The lowest BCUT2D eigenvalue weighted by atomic mass is 10.2. The van der Waals surface area contributed by atoms with Crippen LogP contribution in [0.25, 0.3) is 12.2 Å². The third-order valence-electron chi connectivity index (χ3n) is 3.35. The Morgan fingerprint density at radius 2 is 2.04 bits per heavy atom. The van der Waals surface area contributed by atoms with Gasteiger partial charge in [0.2, 0.25) is 17.5 Å². The molecule has 0 aliphatic rings. The molecule has 1 unspecified atom stereocenters. The largest absolute Gasteiger partial charge is 0.494 e. The number of nitrogens with one attached hydrogen (secondary N) is 1. The molecule has 1 aromatic heterocycles. The van der Waals surface area contributed by atoms with Crippen molar-refractivity contribution in [1.82, 2.24) is 4.98 Å². The highest BCUT2D eigenvalue weighted by Gasteiger charge is 2.12. The number of hydrogen-bond donors (Lipinski definition) is 1.